The zero-order valence-corrected chi connectivity index (χ0v) is 14.3. The second kappa shape index (κ2) is 6.90. The van der Waals surface area contributed by atoms with E-state index in [1.54, 1.807) is 18.3 Å². The molecule has 4 aromatic rings. The summed E-state index contributed by atoms with van der Waals surface area (Å²) in [5, 5.41) is 3.97. The fraction of sp³-hybridized carbons (Fsp3) is 0. The molecule has 0 aliphatic rings. The molecule has 26 heavy (non-hydrogen) atoms. The Morgan fingerprint density at radius 1 is 0.962 bits per heavy atom. The van der Waals surface area contributed by atoms with Crippen molar-refractivity contribution < 1.29 is 4.79 Å². The second-order valence-corrected chi connectivity index (χ2v) is 6.02. The molecule has 5 nitrogen and oxygen atoms in total. The third-order valence-corrected chi connectivity index (χ3v) is 4.19. The van der Waals surface area contributed by atoms with Crippen LogP contribution < -0.4 is 5.32 Å². The van der Waals surface area contributed by atoms with Crippen LogP contribution in [0.5, 0.6) is 0 Å². The number of hydrogen-bond donors (Lipinski definition) is 1. The lowest BCUT2D eigenvalue weighted by atomic mass is 10.1. The molecular weight excluding hydrogens is 348 g/mol. The van der Waals surface area contributed by atoms with E-state index in [1.807, 2.05) is 48.5 Å². The van der Waals surface area contributed by atoms with E-state index in [1.165, 1.54) is 6.20 Å². The lowest BCUT2D eigenvalue weighted by Crippen LogP contribution is -2.14. The van der Waals surface area contributed by atoms with Gasteiger partial charge in [0.2, 0.25) is 0 Å². The van der Waals surface area contributed by atoms with E-state index in [2.05, 4.69) is 20.3 Å². The molecule has 0 aliphatic heterocycles. The number of rotatable bonds is 3. The Balaban J connectivity index is 1.59. The largest absolute Gasteiger partial charge is 0.306 e. The molecule has 0 fully saturated rings. The molecule has 6 heteroatoms. The molecule has 0 bridgehead atoms. The first-order chi connectivity index (χ1) is 12.7. The molecule has 4 rings (SSSR count). The Kier molecular flexibility index (Phi) is 4.29. The summed E-state index contributed by atoms with van der Waals surface area (Å²) < 4.78 is 0. The smallest absolute Gasteiger partial charge is 0.259 e. The summed E-state index contributed by atoms with van der Waals surface area (Å²) in [7, 11) is 0. The molecule has 0 spiro atoms. The highest BCUT2D eigenvalue weighted by atomic mass is 35.5. The number of halogens is 1. The number of anilines is 1. The Morgan fingerprint density at radius 2 is 1.81 bits per heavy atom. The lowest BCUT2D eigenvalue weighted by Gasteiger charge is -2.08. The van der Waals surface area contributed by atoms with Crippen LogP contribution >= 0.6 is 11.6 Å². The summed E-state index contributed by atoms with van der Waals surface area (Å²) in [4.78, 5) is 25.4. The predicted molar refractivity (Wildman–Crippen MR) is 102 cm³/mol. The van der Waals surface area contributed by atoms with E-state index in [-0.39, 0.29) is 11.5 Å². The number of pyridine rings is 3. The molecule has 3 heterocycles. The molecule has 126 valence electrons. The average molecular weight is 361 g/mol. The molecule has 0 saturated heterocycles. The van der Waals surface area contributed by atoms with Crippen LogP contribution in [-0.2, 0) is 0 Å². The Labute approximate surface area is 154 Å². The van der Waals surface area contributed by atoms with Gasteiger partial charge in [-0.3, -0.25) is 9.78 Å². The summed E-state index contributed by atoms with van der Waals surface area (Å²) in [5.41, 5.74) is 2.49. The first-order valence-corrected chi connectivity index (χ1v) is 8.32. The van der Waals surface area contributed by atoms with E-state index in [0.717, 1.165) is 10.9 Å². The van der Waals surface area contributed by atoms with Crippen molar-refractivity contribution >= 4 is 34.4 Å². The number of carbonyl (C=O) groups excluding carboxylic acids is 1. The highest BCUT2D eigenvalue weighted by Gasteiger charge is 2.13. The van der Waals surface area contributed by atoms with E-state index in [9.17, 15) is 4.79 Å². The highest BCUT2D eigenvalue weighted by molar-refractivity contribution is 6.34. The molecule has 1 aromatic carbocycles. The van der Waals surface area contributed by atoms with Crippen molar-refractivity contribution in [2.75, 3.05) is 5.32 Å². The third kappa shape index (κ3) is 3.25. The lowest BCUT2D eigenvalue weighted by molar-refractivity contribution is 0.102. The topological polar surface area (TPSA) is 67.8 Å². The van der Waals surface area contributed by atoms with Gasteiger partial charge in [0, 0.05) is 23.3 Å². The van der Waals surface area contributed by atoms with Crippen LogP contribution in [0.15, 0.2) is 73.1 Å². The zero-order chi connectivity index (χ0) is 17.9. The number of nitrogens with zero attached hydrogens (tertiary/aromatic N) is 3. The van der Waals surface area contributed by atoms with E-state index in [4.69, 9.17) is 11.6 Å². The maximum Gasteiger partial charge on any atom is 0.259 e. The number of nitrogens with one attached hydrogen (secondary N) is 1. The van der Waals surface area contributed by atoms with Crippen LogP contribution in [0.4, 0.5) is 5.82 Å². The summed E-state index contributed by atoms with van der Waals surface area (Å²) in [5.74, 6) is 0.0364. The van der Waals surface area contributed by atoms with Gasteiger partial charge in [0.25, 0.3) is 5.91 Å². The minimum atomic E-state index is -0.370. The molecule has 3 aromatic heterocycles. The first kappa shape index (κ1) is 16.2. The molecule has 0 saturated carbocycles. The van der Waals surface area contributed by atoms with Gasteiger partial charge in [0.05, 0.1) is 16.3 Å². The molecule has 0 radical (unpaired) electrons. The Hall–Kier alpha value is -3.31. The summed E-state index contributed by atoms with van der Waals surface area (Å²) in [6, 6.07) is 18.6. The minimum absolute atomic E-state index is 0.286. The van der Waals surface area contributed by atoms with Gasteiger partial charge in [0.1, 0.15) is 5.82 Å². The van der Waals surface area contributed by atoms with Gasteiger partial charge in [-0.15, -0.1) is 0 Å². The quantitative estimate of drug-likeness (QED) is 0.580. The van der Waals surface area contributed by atoms with Crippen molar-refractivity contribution in [2.24, 2.45) is 0 Å². The normalized spacial score (nSPS) is 10.7. The predicted octanol–water partition coefficient (Wildman–Crippen LogP) is 4.60. The van der Waals surface area contributed by atoms with Crippen molar-refractivity contribution in [3.05, 3.63) is 83.6 Å². The van der Waals surface area contributed by atoms with E-state index in [0.29, 0.717) is 22.2 Å². The molecule has 1 amide bonds. The standard InChI is InChI=1S/C20H13ClN4O/c21-16-11-17(13-5-2-1-3-6-13)23-12-15(16)20(26)25-18-9-8-14-7-4-10-22-19(14)24-18/h1-12H,(H,22,24,25,26). The second-order valence-electron chi connectivity index (χ2n) is 5.62. The van der Waals surface area contributed by atoms with Crippen molar-refractivity contribution in [3.8, 4) is 11.3 Å². The average Bonchev–Trinajstić information content (AvgIpc) is 2.68. The fourth-order valence-corrected chi connectivity index (χ4v) is 2.81. The van der Waals surface area contributed by atoms with Crippen molar-refractivity contribution in [3.63, 3.8) is 0 Å². The van der Waals surface area contributed by atoms with Crippen LogP contribution in [0, 0.1) is 0 Å². The van der Waals surface area contributed by atoms with Gasteiger partial charge >= 0.3 is 0 Å². The van der Waals surface area contributed by atoms with E-state index >= 15 is 0 Å². The van der Waals surface area contributed by atoms with Crippen molar-refractivity contribution in [1.29, 1.82) is 0 Å². The van der Waals surface area contributed by atoms with Crippen LogP contribution in [0.25, 0.3) is 22.3 Å². The number of carbonyl (C=O) groups is 1. The zero-order valence-electron chi connectivity index (χ0n) is 13.6. The number of hydrogen-bond acceptors (Lipinski definition) is 4. The van der Waals surface area contributed by atoms with Crippen LogP contribution in [0.3, 0.4) is 0 Å². The SMILES string of the molecule is O=C(Nc1ccc2cccnc2n1)c1cnc(-c2ccccc2)cc1Cl. The summed E-state index contributed by atoms with van der Waals surface area (Å²) in [6.45, 7) is 0. The number of benzene rings is 1. The summed E-state index contributed by atoms with van der Waals surface area (Å²) >= 11 is 6.30. The monoisotopic (exact) mass is 360 g/mol. The summed E-state index contributed by atoms with van der Waals surface area (Å²) in [6.07, 6.45) is 3.13. The van der Waals surface area contributed by atoms with Gasteiger partial charge in [-0.1, -0.05) is 41.9 Å². The van der Waals surface area contributed by atoms with Gasteiger partial charge in [-0.2, -0.15) is 0 Å². The molecule has 0 atom stereocenters. The Morgan fingerprint density at radius 3 is 2.62 bits per heavy atom. The van der Waals surface area contributed by atoms with Crippen LogP contribution in [0.2, 0.25) is 5.02 Å². The number of aromatic nitrogens is 3. The number of fused-ring (bicyclic) bond motifs is 1. The van der Waals surface area contributed by atoms with Crippen molar-refractivity contribution in [1.82, 2.24) is 15.0 Å². The van der Waals surface area contributed by atoms with Gasteiger partial charge in [-0.25, -0.2) is 9.97 Å². The minimum Gasteiger partial charge on any atom is -0.306 e. The first-order valence-electron chi connectivity index (χ1n) is 7.95. The van der Waals surface area contributed by atoms with Gasteiger partial charge in [-0.05, 0) is 30.3 Å². The van der Waals surface area contributed by atoms with Gasteiger partial charge in [0.15, 0.2) is 5.65 Å². The maximum atomic E-state index is 12.5. The van der Waals surface area contributed by atoms with Crippen LogP contribution in [0.1, 0.15) is 10.4 Å². The molecule has 0 unspecified atom stereocenters. The molecular formula is C20H13ClN4O. The maximum absolute atomic E-state index is 12.5. The van der Waals surface area contributed by atoms with Gasteiger partial charge < -0.3 is 5.32 Å². The van der Waals surface area contributed by atoms with Crippen LogP contribution in [-0.4, -0.2) is 20.9 Å². The van der Waals surface area contributed by atoms with Crippen molar-refractivity contribution in [2.45, 2.75) is 0 Å². The fourth-order valence-electron chi connectivity index (χ4n) is 2.57. The third-order valence-electron chi connectivity index (χ3n) is 3.87. The Bertz CT molecular complexity index is 1100. The molecule has 0 aliphatic carbocycles. The highest BCUT2D eigenvalue weighted by Crippen LogP contribution is 2.24. The number of amides is 1. The molecule has 1 N–H and O–H groups in total. The van der Waals surface area contributed by atoms with E-state index < -0.39 is 0 Å².